The number of rotatable bonds is 4. The lowest BCUT2D eigenvalue weighted by atomic mass is 10.1. The zero-order valence-electron chi connectivity index (χ0n) is 14.2. The molecule has 5 nitrogen and oxygen atoms in total. The van der Waals surface area contributed by atoms with E-state index in [0.29, 0.717) is 5.56 Å². The van der Waals surface area contributed by atoms with E-state index >= 15 is 0 Å². The number of amides is 1. The second-order valence-corrected chi connectivity index (χ2v) is 8.36. The predicted molar refractivity (Wildman–Crippen MR) is 100 cm³/mol. The molecule has 0 aliphatic carbocycles. The molecule has 0 bridgehead atoms. The van der Waals surface area contributed by atoms with Crippen LogP contribution in [0.4, 0.5) is 11.4 Å². The molecule has 1 aliphatic rings. The van der Waals surface area contributed by atoms with Crippen molar-refractivity contribution in [1.82, 2.24) is 0 Å². The van der Waals surface area contributed by atoms with E-state index in [1.165, 1.54) is 49.2 Å². The third-order valence-electron chi connectivity index (χ3n) is 4.39. The van der Waals surface area contributed by atoms with Gasteiger partial charge in [0.15, 0.2) is 9.84 Å². The maximum atomic E-state index is 12.3. The van der Waals surface area contributed by atoms with Crippen LogP contribution in [-0.4, -0.2) is 33.7 Å². The lowest BCUT2D eigenvalue weighted by Crippen LogP contribution is -2.29. The number of sulfone groups is 1. The Labute approximate surface area is 148 Å². The number of hydrogen-bond donors (Lipinski definition) is 1. The van der Waals surface area contributed by atoms with Gasteiger partial charge in [0.2, 0.25) is 0 Å². The van der Waals surface area contributed by atoms with Crippen molar-refractivity contribution in [3.8, 4) is 0 Å². The molecule has 1 N–H and O–H groups in total. The number of benzene rings is 2. The van der Waals surface area contributed by atoms with Crippen molar-refractivity contribution < 1.29 is 13.2 Å². The quantitative estimate of drug-likeness (QED) is 0.910. The van der Waals surface area contributed by atoms with E-state index in [-0.39, 0.29) is 10.8 Å². The standard InChI is InChI=1S/C19H22N2O3S/c1-25(23,24)18-11-5-15(6-12-18)19(22)20-16-7-9-17(10-8-16)21-13-3-2-4-14-21/h5-12H,2-4,13-14H2,1H3,(H,20,22). The van der Waals surface area contributed by atoms with E-state index in [9.17, 15) is 13.2 Å². The first-order valence-electron chi connectivity index (χ1n) is 8.40. The maximum absolute atomic E-state index is 12.3. The van der Waals surface area contributed by atoms with E-state index < -0.39 is 9.84 Å². The second kappa shape index (κ2) is 7.27. The Balaban J connectivity index is 1.66. The summed E-state index contributed by atoms with van der Waals surface area (Å²) in [5.74, 6) is -0.259. The minimum absolute atomic E-state index is 0.204. The van der Waals surface area contributed by atoms with Gasteiger partial charge in [-0.2, -0.15) is 0 Å². The zero-order valence-corrected chi connectivity index (χ0v) is 15.1. The van der Waals surface area contributed by atoms with Gasteiger partial charge >= 0.3 is 0 Å². The molecular weight excluding hydrogens is 336 g/mol. The molecule has 1 heterocycles. The number of nitrogens with one attached hydrogen (secondary N) is 1. The van der Waals surface area contributed by atoms with Gasteiger partial charge in [-0.3, -0.25) is 4.79 Å². The number of carbonyl (C=O) groups excluding carboxylic acids is 1. The first-order chi connectivity index (χ1) is 11.9. The van der Waals surface area contributed by atoms with Crippen LogP contribution in [0.1, 0.15) is 29.6 Å². The van der Waals surface area contributed by atoms with E-state index in [0.717, 1.165) is 25.0 Å². The van der Waals surface area contributed by atoms with E-state index in [4.69, 9.17) is 0 Å². The fourth-order valence-electron chi connectivity index (χ4n) is 2.96. The highest BCUT2D eigenvalue weighted by atomic mass is 32.2. The molecule has 132 valence electrons. The number of piperidine rings is 1. The fraction of sp³-hybridized carbons (Fsp3) is 0.316. The summed E-state index contributed by atoms with van der Waals surface area (Å²) in [5, 5.41) is 2.84. The summed E-state index contributed by atoms with van der Waals surface area (Å²) in [5.41, 5.74) is 2.32. The van der Waals surface area contributed by atoms with Crippen LogP contribution in [0.3, 0.4) is 0 Å². The Morgan fingerprint density at radius 2 is 1.52 bits per heavy atom. The molecule has 2 aromatic carbocycles. The highest BCUT2D eigenvalue weighted by Gasteiger charge is 2.12. The molecule has 6 heteroatoms. The van der Waals surface area contributed by atoms with Gasteiger partial charge in [0.25, 0.3) is 5.91 Å². The Morgan fingerprint density at radius 1 is 0.920 bits per heavy atom. The van der Waals surface area contributed by atoms with Gasteiger partial charge in [0, 0.05) is 36.3 Å². The summed E-state index contributed by atoms with van der Waals surface area (Å²) in [6.45, 7) is 2.16. The third kappa shape index (κ3) is 4.39. The van der Waals surface area contributed by atoms with Crippen LogP contribution in [0.2, 0.25) is 0 Å². The van der Waals surface area contributed by atoms with Crippen LogP contribution < -0.4 is 10.2 Å². The average molecular weight is 358 g/mol. The van der Waals surface area contributed by atoms with Gasteiger partial charge in [-0.25, -0.2) is 8.42 Å². The van der Waals surface area contributed by atoms with Gasteiger partial charge in [-0.1, -0.05) is 0 Å². The summed E-state index contributed by atoms with van der Waals surface area (Å²) in [4.78, 5) is 14.9. The lowest BCUT2D eigenvalue weighted by molar-refractivity contribution is 0.102. The summed E-state index contributed by atoms with van der Waals surface area (Å²) < 4.78 is 22.9. The molecule has 0 spiro atoms. The maximum Gasteiger partial charge on any atom is 0.255 e. The Bertz CT molecular complexity index is 837. The van der Waals surface area contributed by atoms with E-state index in [2.05, 4.69) is 10.2 Å². The number of nitrogens with zero attached hydrogens (tertiary/aromatic N) is 1. The second-order valence-electron chi connectivity index (χ2n) is 6.35. The minimum Gasteiger partial charge on any atom is -0.372 e. The molecular formula is C19H22N2O3S. The van der Waals surface area contributed by atoms with Crippen LogP contribution >= 0.6 is 0 Å². The number of carbonyl (C=O) groups is 1. The summed E-state index contributed by atoms with van der Waals surface area (Å²) >= 11 is 0. The fourth-order valence-corrected chi connectivity index (χ4v) is 3.59. The van der Waals surface area contributed by atoms with Crippen molar-refractivity contribution in [3.05, 3.63) is 54.1 Å². The van der Waals surface area contributed by atoms with E-state index in [1.807, 2.05) is 24.3 Å². The summed E-state index contributed by atoms with van der Waals surface area (Å²) in [7, 11) is -3.26. The van der Waals surface area contributed by atoms with Crippen LogP contribution in [-0.2, 0) is 9.84 Å². The molecule has 0 unspecified atom stereocenters. The highest BCUT2D eigenvalue weighted by molar-refractivity contribution is 7.90. The van der Waals surface area contributed by atoms with Gasteiger partial charge in [-0.05, 0) is 67.8 Å². The molecule has 1 saturated heterocycles. The molecule has 25 heavy (non-hydrogen) atoms. The molecule has 1 fully saturated rings. The van der Waals surface area contributed by atoms with Gasteiger partial charge < -0.3 is 10.2 Å². The highest BCUT2D eigenvalue weighted by Crippen LogP contribution is 2.22. The van der Waals surface area contributed by atoms with Crippen molar-refractivity contribution >= 4 is 27.1 Å². The van der Waals surface area contributed by atoms with Gasteiger partial charge in [0.05, 0.1) is 4.90 Å². The lowest BCUT2D eigenvalue weighted by Gasteiger charge is -2.28. The normalized spacial score (nSPS) is 15.0. The molecule has 3 rings (SSSR count). The SMILES string of the molecule is CS(=O)(=O)c1ccc(C(=O)Nc2ccc(N3CCCCC3)cc2)cc1. The van der Waals surface area contributed by atoms with Crippen LogP contribution in [0.25, 0.3) is 0 Å². The van der Waals surface area contributed by atoms with Crippen molar-refractivity contribution in [2.75, 3.05) is 29.6 Å². The molecule has 1 aliphatic heterocycles. The average Bonchev–Trinajstić information content (AvgIpc) is 2.62. The molecule has 0 aromatic heterocycles. The Hall–Kier alpha value is -2.34. The van der Waals surface area contributed by atoms with Crippen LogP contribution in [0.15, 0.2) is 53.4 Å². The molecule has 0 atom stereocenters. The Morgan fingerprint density at radius 3 is 2.08 bits per heavy atom. The van der Waals surface area contributed by atoms with Crippen molar-refractivity contribution in [2.24, 2.45) is 0 Å². The largest absolute Gasteiger partial charge is 0.372 e. The van der Waals surface area contributed by atoms with Crippen molar-refractivity contribution in [2.45, 2.75) is 24.2 Å². The number of anilines is 2. The minimum atomic E-state index is -3.26. The zero-order chi connectivity index (χ0) is 17.9. The van der Waals surface area contributed by atoms with Crippen molar-refractivity contribution in [1.29, 1.82) is 0 Å². The van der Waals surface area contributed by atoms with Crippen LogP contribution in [0, 0.1) is 0 Å². The molecule has 0 saturated carbocycles. The summed E-state index contributed by atoms with van der Waals surface area (Å²) in [6, 6.07) is 13.8. The predicted octanol–water partition coefficient (Wildman–Crippen LogP) is 3.33. The molecule has 2 aromatic rings. The number of hydrogen-bond acceptors (Lipinski definition) is 4. The topological polar surface area (TPSA) is 66.5 Å². The first kappa shape index (κ1) is 17.5. The Kier molecular flexibility index (Phi) is 5.08. The van der Waals surface area contributed by atoms with Crippen molar-refractivity contribution in [3.63, 3.8) is 0 Å². The third-order valence-corrected chi connectivity index (χ3v) is 5.52. The van der Waals surface area contributed by atoms with Gasteiger partial charge in [0.1, 0.15) is 0 Å². The molecule has 1 amide bonds. The first-order valence-corrected chi connectivity index (χ1v) is 10.3. The molecule has 0 radical (unpaired) electrons. The van der Waals surface area contributed by atoms with E-state index in [1.54, 1.807) is 0 Å². The monoisotopic (exact) mass is 358 g/mol. The summed E-state index contributed by atoms with van der Waals surface area (Å²) in [6.07, 6.45) is 4.89. The smallest absolute Gasteiger partial charge is 0.255 e. The van der Waals surface area contributed by atoms with Crippen LogP contribution in [0.5, 0.6) is 0 Å². The van der Waals surface area contributed by atoms with Gasteiger partial charge in [-0.15, -0.1) is 0 Å².